The molecule has 1 aliphatic carbocycles. The Bertz CT molecular complexity index is 893. The van der Waals surface area contributed by atoms with Gasteiger partial charge in [-0.25, -0.2) is 13.4 Å². The van der Waals surface area contributed by atoms with Gasteiger partial charge in [0.2, 0.25) is 10.0 Å². The van der Waals surface area contributed by atoms with E-state index < -0.39 is 10.0 Å². The topological polar surface area (TPSA) is 81.2 Å². The van der Waals surface area contributed by atoms with E-state index in [0.717, 1.165) is 30.2 Å². The van der Waals surface area contributed by atoms with Crippen molar-refractivity contribution in [1.29, 1.82) is 0 Å². The Morgan fingerprint density at radius 2 is 2.00 bits per heavy atom. The highest BCUT2D eigenvalue weighted by atomic mass is 32.2. The first-order chi connectivity index (χ1) is 11.4. The second-order valence-electron chi connectivity index (χ2n) is 6.76. The molecule has 0 atom stereocenters. The fraction of sp³-hybridized carbons (Fsp3) is 0.625. The maximum absolute atomic E-state index is 13.1. The molecule has 0 amide bonds. The molecule has 24 heavy (non-hydrogen) atoms. The predicted octanol–water partition coefficient (Wildman–Crippen LogP) is 2.04. The van der Waals surface area contributed by atoms with Crippen LogP contribution in [0.5, 0.6) is 0 Å². The average molecular weight is 350 g/mol. The van der Waals surface area contributed by atoms with Gasteiger partial charge >= 0.3 is 0 Å². The van der Waals surface area contributed by atoms with Gasteiger partial charge in [0.1, 0.15) is 10.7 Å². The molecule has 2 aromatic heterocycles. The zero-order chi connectivity index (χ0) is 17.1. The van der Waals surface area contributed by atoms with Gasteiger partial charge in [-0.2, -0.15) is 9.40 Å². The summed E-state index contributed by atoms with van der Waals surface area (Å²) >= 11 is 0. The van der Waals surface area contributed by atoms with Crippen LogP contribution in [0.3, 0.4) is 0 Å². The van der Waals surface area contributed by atoms with Crippen molar-refractivity contribution >= 4 is 10.0 Å². The van der Waals surface area contributed by atoms with Crippen molar-refractivity contribution in [3.8, 4) is 0 Å². The largest absolute Gasteiger partial charge is 0.445 e. The number of hydrogen-bond acceptors (Lipinski definition) is 5. The van der Waals surface area contributed by atoms with Crippen molar-refractivity contribution < 1.29 is 12.8 Å². The van der Waals surface area contributed by atoms with Crippen molar-refractivity contribution in [3.05, 3.63) is 28.7 Å². The van der Waals surface area contributed by atoms with Gasteiger partial charge in [-0.1, -0.05) is 6.42 Å². The maximum atomic E-state index is 13.1. The van der Waals surface area contributed by atoms with Gasteiger partial charge in [0.05, 0.1) is 23.6 Å². The van der Waals surface area contributed by atoms with E-state index in [0.29, 0.717) is 35.2 Å². The summed E-state index contributed by atoms with van der Waals surface area (Å²) < 4.78 is 35.1. The Morgan fingerprint density at radius 1 is 1.25 bits per heavy atom. The van der Waals surface area contributed by atoms with Crippen LogP contribution in [-0.2, 0) is 30.0 Å². The van der Waals surface area contributed by atoms with Gasteiger partial charge in [-0.15, -0.1) is 0 Å². The molecule has 1 saturated carbocycles. The third-order valence-electron chi connectivity index (χ3n) is 5.20. The molecule has 0 N–H and O–H groups in total. The van der Waals surface area contributed by atoms with Crippen LogP contribution in [0.15, 0.2) is 9.31 Å². The summed E-state index contributed by atoms with van der Waals surface area (Å²) in [5.41, 5.74) is 1.97. The van der Waals surface area contributed by atoms with Gasteiger partial charge < -0.3 is 4.42 Å². The maximum Gasteiger partial charge on any atom is 0.247 e. The average Bonchev–Trinajstić information content (AvgIpc) is 2.97. The molecule has 0 bridgehead atoms. The van der Waals surface area contributed by atoms with E-state index in [-0.39, 0.29) is 6.54 Å². The number of aromatic nitrogens is 3. The van der Waals surface area contributed by atoms with Crippen LogP contribution in [-0.4, -0.2) is 34.0 Å². The minimum Gasteiger partial charge on any atom is -0.445 e. The molecule has 130 valence electrons. The molecule has 2 aromatic rings. The van der Waals surface area contributed by atoms with E-state index in [9.17, 15) is 8.42 Å². The van der Waals surface area contributed by atoms with E-state index in [1.807, 2.05) is 0 Å². The van der Waals surface area contributed by atoms with Crippen LogP contribution in [0.4, 0.5) is 0 Å². The fourth-order valence-electron chi connectivity index (χ4n) is 3.49. The highest BCUT2D eigenvalue weighted by molar-refractivity contribution is 7.89. The van der Waals surface area contributed by atoms with E-state index in [2.05, 4.69) is 10.1 Å². The van der Waals surface area contributed by atoms with E-state index in [1.165, 1.54) is 10.7 Å². The van der Waals surface area contributed by atoms with Crippen molar-refractivity contribution in [1.82, 2.24) is 19.1 Å². The first kappa shape index (κ1) is 15.8. The monoisotopic (exact) mass is 350 g/mol. The lowest BCUT2D eigenvalue weighted by atomic mass is 9.85. The van der Waals surface area contributed by atoms with E-state index >= 15 is 0 Å². The Morgan fingerprint density at radius 3 is 2.58 bits per heavy atom. The molecule has 0 radical (unpaired) electrons. The molecule has 0 aromatic carbocycles. The number of fused-ring (bicyclic) bond motifs is 1. The number of nitrogens with zero attached hydrogens (tertiary/aromatic N) is 4. The smallest absolute Gasteiger partial charge is 0.247 e. The number of rotatable bonds is 3. The number of hydrogen-bond donors (Lipinski definition) is 0. The quantitative estimate of drug-likeness (QED) is 0.846. The predicted molar refractivity (Wildman–Crippen MR) is 87.1 cm³/mol. The minimum absolute atomic E-state index is 0.279. The SMILES string of the molecule is Cc1nn(C)c(C)c1S(=O)(=O)N1CCc2oc(C3CCC3)nc2C1. The Kier molecular flexibility index (Phi) is 3.58. The molecule has 0 unspecified atom stereocenters. The lowest BCUT2D eigenvalue weighted by Gasteiger charge is -2.24. The second-order valence-corrected chi connectivity index (χ2v) is 8.64. The molecule has 0 spiro atoms. The molecule has 7 nitrogen and oxygen atoms in total. The molecular formula is C16H22N4O3S. The fourth-order valence-corrected chi connectivity index (χ4v) is 5.29. The second kappa shape index (κ2) is 5.42. The van der Waals surface area contributed by atoms with Gasteiger partial charge in [0.15, 0.2) is 5.89 Å². The molecular weight excluding hydrogens is 328 g/mol. The Hall–Kier alpha value is -1.67. The normalized spacial score (nSPS) is 19.3. The van der Waals surface area contributed by atoms with Crippen molar-refractivity contribution in [2.75, 3.05) is 6.54 Å². The lowest BCUT2D eigenvalue weighted by molar-refractivity contribution is 0.314. The van der Waals surface area contributed by atoms with Crippen LogP contribution in [0.1, 0.15) is 53.9 Å². The molecule has 2 aliphatic rings. The summed E-state index contributed by atoms with van der Waals surface area (Å²) in [5, 5.41) is 4.24. The van der Waals surface area contributed by atoms with Gasteiger partial charge in [0, 0.05) is 25.9 Å². The molecule has 3 heterocycles. The summed E-state index contributed by atoms with van der Waals surface area (Å²) in [6, 6.07) is 0. The standard InChI is InChI=1S/C16H22N4O3S/c1-10-15(11(2)19(3)18-10)24(21,22)20-8-7-14-13(9-20)17-16(23-14)12-5-4-6-12/h12H,4-9H2,1-3H3. The zero-order valence-electron chi connectivity index (χ0n) is 14.2. The molecule has 1 fully saturated rings. The Balaban J connectivity index is 1.65. The Labute approximate surface area is 141 Å². The summed E-state index contributed by atoms with van der Waals surface area (Å²) in [6.45, 7) is 4.22. The third-order valence-corrected chi connectivity index (χ3v) is 7.30. The molecule has 4 rings (SSSR count). The summed E-state index contributed by atoms with van der Waals surface area (Å²) in [7, 11) is -1.82. The number of oxazole rings is 1. The van der Waals surface area contributed by atoms with Crippen molar-refractivity contribution in [3.63, 3.8) is 0 Å². The van der Waals surface area contributed by atoms with Gasteiger partial charge in [-0.3, -0.25) is 4.68 Å². The number of aryl methyl sites for hydroxylation is 2. The van der Waals surface area contributed by atoms with Crippen LogP contribution in [0.25, 0.3) is 0 Å². The summed E-state index contributed by atoms with van der Waals surface area (Å²) in [4.78, 5) is 4.90. The van der Waals surface area contributed by atoms with Crippen molar-refractivity contribution in [2.45, 2.75) is 56.9 Å². The lowest BCUT2D eigenvalue weighted by Crippen LogP contribution is -2.36. The molecule has 8 heteroatoms. The van der Waals surface area contributed by atoms with Gasteiger partial charge in [0.25, 0.3) is 0 Å². The highest BCUT2D eigenvalue weighted by Crippen LogP contribution is 2.38. The van der Waals surface area contributed by atoms with E-state index in [4.69, 9.17) is 4.42 Å². The van der Waals surface area contributed by atoms with Crippen LogP contribution >= 0.6 is 0 Å². The summed E-state index contributed by atoms with van der Waals surface area (Å²) in [5.74, 6) is 2.06. The summed E-state index contributed by atoms with van der Waals surface area (Å²) in [6.07, 6.45) is 4.04. The first-order valence-corrected chi connectivity index (χ1v) is 9.80. The van der Waals surface area contributed by atoms with Crippen LogP contribution in [0, 0.1) is 13.8 Å². The third kappa shape index (κ3) is 2.31. The van der Waals surface area contributed by atoms with Gasteiger partial charge in [-0.05, 0) is 26.7 Å². The minimum atomic E-state index is -3.58. The van der Waals surface area contributed by atoms with Crippen molar-refractivity contribution in [2.24, 2.45) is 7.05 Å². The van der Waals surface area contributed by atoms with Crippen LogP contribution in [0.2, 0.25) is 0 Å². The first-order valence-electron chi connectivity index (χ1n) is 8.36. The van der Waals surface area contributed by atoms with E-state index in [1.54, 1.807) is 25.6 Å². The molecule has 0 saturated heterocycles. The highest BCUT2D eigenvalue weighted by Gasteiger charge is 2.36. The van der Waals surface area contributed by atoms with Crippen LogP contribution < -0.4 is 0 Å². The number of sulfonamides is 1. The zero-order valence-corrected chi connectivity index (χ0v) is 15.1. The molecule has 1 aliphatic heterocycles.